The smallest absolute Gasteiger partial charge is 0.283 e. The Hall–Kier alpha value is -4.37. The fraction of sp³-hybridized carbons (Fsp3) is 0.138. The molecule has 0 spiro atoms. The average molecular weight is 530 g/mol. The van der Waals surface area contributed by atoms with Crippen LogP contribution in [-0.2, 0) is 4.79 Å². The van der Waals surface area contributed by atoms with Gasteiger partial charge in [-0.15, -0.1) is 0 Å². The first-order valence-corrected chi connectivity index (χ1v) is 12.8. The second-order valence-corrected chi connectivity index (χ2v) is 9.20. The SMILES string of the molecule is COc1ccc(OCCCOc2ccc(/C=C3\C(=N)N4C(c5ccc(F)cc5)=CSC4=NC3=O)cc2)cc1. The van der Waals surface area contributed by atoms with Crippen LogP contribution in [0.3, 0.4) is 0 Å². The van der Waals surface area contributed by atoms with Crippen molar-refractivity contribution in [2.75, 3.05) is 20.3 Å². The molecule has 7 nitrogen and oxygen atoms in total. The number of benzene rings is 3. The van der Waals surface area contributed by atoms with E-state index in [0.717, 1.165) is 22.6 Å². The molecule has 9 heteroatoms. The molecule has 3 aromatic rings. The van der Waals surface area contributed by atoms with Crippen molar-refractivity contribution in [2.45, 2.75) is 6.42 Å². The zero-order valence-electron chi connectivity index (χ0n) is 20.5. The molecule has 0 atom stereocenters. The van der Waals surface area contributed by atoms with Crippen LogP contribution >= 0.6 is 11.8 Å². The maximum Gasteiger partial charge on any atom is 0.283 e. The summed E-state index contributed by atoms with van der Waals surface area (Å²) in [6.45, 7) is 1.01. The summed E-state index contributed by atoms with van der Waals surface area (Å²) >= 11 is 1.26. The Bertz CT molecular complexity index is 1430. The van der Waals surface area contributed by atoms with Crippen LogP contribution in [0, 0.1) is 11.2 Å². The molecule has 0 fully saturated rings. The molecule has 2 heterocycles. The lowest BCUT2D eigenvalue weighted by atomic mass is 10.1. The topological polar surface area (TPSA) is 84.2 Å². The monoisotopic (exact) mass is 529 g/mol. The van der Waals surface area contributed by atoms with E-state index >= 15 is 0 Å². The van der Waals surface area contributed by atoms with Gasteiger partial charge in [0.25, 0.3) is 5.91 Å². The van der Waals surface area contributed by atoms with Gasteiger partial charge in [0.2, 0.25) is 0 Å². The Kier molecular flexibility index (Phi) is 7.55. The van der Waals surface area contributed by atoms with E-state index in [-0.39, 0.29) is 17.2 Å². The van der Waals surface area contributed by atoms with Crippen LogP contribution < -0.4 is 14.2 Å². The summed E-state index contributed by atoms with van der Waals surface area (Å²) in [7, 11) is 1.62. The molecule has 1 amide bonds. The summed E-state index contributed by atoms with van der Waals surface area (Å²) in [5.41, 5.74) is 2.33. The zero-order chi connectivity index (χ0) is 26.5. The first-order valence-electron chi connectivity index (χ1n) is 11.9. The van der Waals surface area contributed by atoms with Crippen molar-refractivity contribution in [3.63, 3.8) is 0 Å². The molecule has 0 aliphatic carbocycles. The molecule has 38 heavy (non-hydrogen) atoms. The van der Waals surface area contributed by atoms with E-state index in [0.29, 0.717) is 36.2 Å². The summed E-state index contributed by atoms with van der Waals surface area (Å²) < 4.78 is 30.0. The van der Waals surface area contributed by atoms with Crippen LogP contribution in [-0.4, -0.2) is 42.1 Å². The highest BCUT2D eigenvalue weighted by molar-refractivity contribution is 8.17. The molecule has 0 bridgehead atoms. The Morgan fingerprint density at radius 2 is 1.53 bits per heavy atom. The molecule has 192 valence electrons. The van der Waals surface area contributed by atoms with Gasteiger partial charge in [0, 0.05) is 11.8 Å². The van der Waals surface area contributed by atoms with E-state index in [4.69, 9.17) is 19.6 Å². The minimum atomic E-state index is -0.473. The summed E-state index contributed by atoms with van der Waals surface area (Å²) in [4.78, 5) is 18.5. The third-order valence-corrected chi connectivity index (χ3v) is 6.66. The first kappa shape index (κ1) is 25.3. The first-order chi connectivity index (χ1) is 18.5. The van der Waals surface area contributed by atoms with Crippen LogP contribution in [0.25, 0.3) is 11.8 Å². The molecule has 0 radical (unpaired) electrons. The van der Waals surface area contributed by atoms with Crippen molar-refractivity contribution >= 4 is 40.4 Å². The van der Waals surface area contributed by atoms with E-state index < -0.39 is 5.91 Å². The molecule has 3 aromatic carbocycles. The highest BCUT2D eigenvalue weighted by Crippen LogP contribution is 2.37. The molecular weight excluding hydrogens is 505 g/mol. The predicted octanol–water partition coefficient (Wildman–Crippen LogP) is 5.99. The van der Waals surface area contributed by atoms with Crippen molar-refractivity contribution in [1.82, 2.24) is 4.90 Å². The third kappa shape index (κ3) is 5.63. The van der Waals surface area contributed by atoms with E-state index in [2.05, 4.69) is 4.99 Å². The fourth-order valence-corrected chi connectivity index (χ4v) is 4.75. The number of halogens is 1. The van der Waals surface area contributed by atoms with Gasteiger partial charge in [-0.1, -0.05) is 23.9 Å². The molecule has 5 rings (SSSR count). The molecule has 2 aliphatic heterocycles. The maximum atomic E-state index is 13.4. The largest absolute Gasteiger partial charge is 0.497 e. The standard InChI is InChI=1S/C29H24FN3O4S/c1-35-22-11-13-24(14-12-22)37-16-2-15-36-23-9-3-19(4-10-23)17-25-27(31)33-26(18-38-29(33)32-28(25)34)20-5-7-21(30)8-6-20/h3-14,17-18,31H,2,15-16H2,1H3/b25-17+,31-27?. The molecule has 0 unspecified atom stereocenters. The molecule has 2 aliphatic rings. The number of nitrogens with zero attached hydrogens (tertiary/aromatic N) is 2. The number of fused-ring (bicyclic) bond motifs is 1. The number of hydrogen-bond donors (Lipinski definition) is 1. The summed E-state index contributed by atoms with van der Waals surface area (Å²) in [6, 6.07) is 20.7. The van der Waals surface area contributed by atoms with Crippen LogP contribution in [0.15, 0.2) is 88.8 Å². The Morgan fingerprint density at radius 1 is 0.921 bits per heavy atom. The van der Waals surface area contributed by atoms with Gasteiger partial charge in [0.15, 0.2) is 5.17 Å². The van der Waals surface area contributed by atoms with Gasteiger partial charge in [-0.3, -0.25) is 15.1 Å². The third-order valence-electron chi connectivity index (χ3n) is 5.83. The molecular formula is C29H24FN3O4S. The Morgan fingerprint density at radius 3 is 2.16 bits per heavy atom. The molecule has 0 aromatic heterocycles. The zero-order valence-corrected chi connectivity index (χ0v) is 21.3. The minimum absolute atomic E-state index is 0.0257. The van der Waals surface area contributed by atoms with Crippen molar-refractivity contribution in [3.8, 4) is 17.2 Å². The van der Waals surface area contributed by atoms with E-state index in [1.807, 2.05) is 53.9 Å². The van der Waals surface area contributed by atoms with E-state index in [1.165, 1.54) is 23.9 Å². The lowest BCUT2D eigenvalue weighted by Crippen LogP contribution is -2.38. The number of thioether (sulfide) groups is 1. The number of carbonyl (C=O) groups is 1. The number of ether oxygens (including phenoxy) is 3. The van der Waals surface area contributed by atoms with Crippen molar-refractivity contribution in [3.05, 3.63) is 101 Å². The van der Waals surface area contributed by atoms with Gasteiger partial charge < -0.3 is 14.2 Å². The van der Waals surface area contributed by atoms with Gasteiger partial charge in [-0.2, -0.15) is 4.99 Å². The Labute approximate surface area is 223 Å². The van der Waals surface area contributed by atoms with E-state index in [1.54, 1.807) is 30.2 Å². The Balaban J connectivity index is 1.18. The van der Waals surface area contributed by atoms with Gasteiger partial charge >= 0.3 is 0 Å². The van der Waals surface area contributed by atoms with Gasteiger partial charge in [-0.25, -0.2) is 4.39 Å². The lowest BCUT2D eigenvalue weighted by molar-refractivity contribution is -0.114. The number of rotatable bonds is 9. The number of nitrogens with one attached hydrogen (secondary N) is 1. The van der Waals surface area contributed by atoms with Crippen molar-refractivity contribution < 1.29 is 23.4 Å². The molecule has 0 saturated heterocycles. The second-order valence-electron chi connectivity index (χ2n) is 8.36. The minimum Gasteiger partial charge on any atom is -0.497 e. The number of methoxy groups -OCH3 is 1. The van der Waals surface area contributed by atoms with Crippen LogP contribution in [0.1, 0.15) is 17.5 Å². The summed E-state index contributed by atoms with van der Waals surface area (Å²) in [5, 5.41) is 10.9. The number of amidine groups is 2. The van der Waals surface area contributed by atoms with Gasteiger partial charge in [0.1, 0.15) is 28.9 Å². The molecule has 0 saturated carbocycles. The predicted molar refractivity (Wildman–Crippen MR) is 147 cm³/mol. The average Bonchev–Trinajstić information content (AvgIpc) is 3.36. The number of carbonyl (C=O) groups excluding carboxylic acids is 1. The van der Waals surface area contributed by atoms with Crippen molar-refractivity contribution in [1.29, 1.82) is 5.41 Å². The summed E-state index contributed by atoms with van der Waals surface area (Å²) in [5.74, 6) is 1.46. The molecule has 1 N–H and O–H groups in total. The fourth-order valence-electron chi connectivity index (χ4n) is 3.86. The maximum absolute atomic E-state index is 13.4. The van der Waals surface area contributed by atoms with Gasteiger partial charge in [-0.05, 0) is 77.9 Å². The number of hydrogen-bond acceptors (Lipinski definition) is 6. The highest BCUT2D eigenvalue weighted by Gasteiger charge is 2.36. The second kappa shape index (κ2) is 11.4. The quantitative estimate of drug-likeness (QED) is 0.271. The van der Waals surface area contributed by atoms with Gasteiger partial charge in [0.05, 0.1) is 31.6 Å². The normalized spacial score (nSPS) is 15.7. The van der Waals surface area contributed by atoms with Crippen LogP contribution in [0.2, 0.25) is 0 Å². The highest BCUT2D eigenvalue weighted by atomic mass is 32.2. The summed E-state index contributed by atoms with van der Waals surface area (Å²) in [6.07, 6.45) is 2.35. The number of amides is 1. The lowest BCUT2D eigenvalue weighted by Gasteiger charge is -2.26. The van der Waals surface area contributed by atoms with Crippen LogP contribution in [0.4, 0.5) is 4.39 Å². The number of aliphatic imine (C=N–C) groups is 1. The van der Waals surface area contributed by atoms with Crippen LogP contribution in [0.5, 0.6) is 17.2 Å². The van der Waals surface area contributed by atoms with Crippen molar-refractivity contribution in [2.24, 2.45) is 4.99 Å². The van der Waals surface area contributed by atoms with E-state index in [9.17, 15) is 9.18 Å².